The highest BCUT2D eigenvalue weighted by Gasteiger charge is 2.35. The number of thiazole rings is 1. The van der Waals surface area contributed by atoms with Crippen LogP contribution in [0.1, 0.15) is 49.9 Å². The van der Waals surface area contributed by atoms with Crippen LogP contribution in [0.3, 0.4) is 0 Å². The van der Waals surface area contributed by atoms with E-state index in [4.69, 9.17) is 0 Å². The molecule has 106 valence electrons. The Hall–Kier alpha value is -0.450. The van der Waals surface area contributed by atoms with Crippen molar-refractivity contribution in [3.63, 3.8) is 0 Å². The van der Waals surface area contributed by atoms with Crippen molar-refractivity contribution in [2.24, 2.45) is 0 Å². The second kappa shape index (κ2) is 5.51. The molecule has 0 saturated carbocycles. The lowest BCUT2D eigenvalue weighted by atomic mass is 9.96. The van der Waals surface area contributed by atoms with Crippen LogP contribution in [0.2, 0.25) is 0 Å². The van der Waals surface area contributed by atoms with Crippen molar-refractivity contribution in [3.8, 4) is 0 Å². The molecule has 0 N–H and O–H groups in total. The van der Waals surface area contributed by atoms with Gasteiger partial charge in [-0.3, -0.25) is 9.80 Å². The van der Waals surface area contributed by atoms with Crippen LogP contribution in [0.15, 0.2) is 5.38 Å². The predicted molar refractivity (Wildman–Crippen MR) is 80.6 cm³/mol. The molecule has 3 heterocycles. The second-order valence-electron chi connectivity index (χ2n) is 6.19. The zero-order chi connectivity index (χ0) is 13.4. The Morgan fingerprint density at radius 1 is 1.37 bits per heavy atom. The Morgan fingerprint density at radius 3 is 2.95 bits per heavy atom. The van der Waals surface area contributed by atoms with E-state index in [1.165, 1.54) is 43.9 Å². The summed E-state index contributed by atoms with van der Waals surface area (Å²) in [5.74, 6) is 0. The SMILES string of the molecule is Cc1csc(C(C)N2CC3CCCCN3CC2C)n1. The molecule has 3 nitrogen and oxygen atoms in total. The fourth-order valence-corrected chi connectivity index (χ4v) is 4.49. The highest BCUT2D eigenvalue weighted by molar-refractivity contribution is 7.09. The summed E-state index contributed by atoms with van der Waals surface area (Å²) in [6, 6.07) is 1.90. The van der Waals surface area contributed by atoms with E-state index in [9.17, 15) is 0 Å². The van der Waals surface area contributed by atoms with Gasteiger partial charge in [-0.2, -0.15) is 0 Å². The third kappa shape index (κ3) is 2.71. The Kier molecular flexibility index (Phi) is 3.92. The minimum Gasteiger partial charge on any atom is -0.298 e. The van der Waals surface area contributed by atoms with E-state index in [1.54, 1.807) is 0 Å². The third-order valence-electron chi connectivity index (χ3n) is 4.73. The molecule has 0 aliphatic carbocycles. The summed E-state index contributed by atoms with van der Waals surface area (Å²) >= 11 is 1.82. The Morgan fingerprint density at radius 2 is 2.21 bits per heavy atom. The van der Waals surface area contributed by atoms with Gasteiger partial charge in [0.25, 0.3) is 0 Å². The molecular weight excluding hydrogens is 254 g/mol. The average molecular weight is 279 g/mol. The Bertz CT molecular complexity index is 431. The summed E-state index contributed by atoms with van der Waals surface area (Å²) in [5, 5.41) is 3.46. The van der Waals surface area contributed by atoms with Crippen LogP contribution in [-0.4, -0.2) is 46.5 Å². The molecule has 1 aromatic rings. The van der Waals surface area contributed by atoms with Crippen LogP contribution < -0.4 is 0 Å². The van der Waals surface area contributed by atoms with Crippen molar-refractivity contribution in [1.29, 1.82) is 0 Å². The maximum absolute atomic E-state index is 4.69. The van der Waals surface area contributed by atoms with Gasteiger partial charge in [-0.05, 0) is 40.2 Å². The fraction of sp³-hybridized carbons (Fsp3) is 0.800. The highest BCUT2D eigenvalue weighted by Crippen LogP contribution is 2.31. The molecule has 0 amide bonds. The molecule has 3 unspecified atom stereocenters. The van der Waals surface area contributed by atoms with Crippen LogP contribution in [0.4, 0.5) is 0 Å². The first-order valence-corrected chi connectivity index (χ1v) is 8.45. The fourth-order valence-electron chi connectivity index (χ4n) is 3.62. The van der Waals surface area contributed by atoms with Gasteiger partial charge >= 0.3 is 0 Å². The van der Waals surface area contributed by atoms with Gasteiger partial charge in [-0.15, -0.1) is 11.3 Å². The third-order valence-corrected chi connectivity index (χ3v) is 5.86. The number of rotatable bonds is 2. The quantitative estimate of drug-likeness (QED) is 0.829. The summed E-state index contributed by atoms with van der Waals surface area (Å²) in [6.07, 6.45) is 4.19. The molecule has 2 fully saturated rings. The number of hydrogen-bond acceptors (Lipinski definition) is 4. The minimum atomic E-state index is 0.470. The molecule has 0 aromatic carbocycles. The largest absolute Gasteiger partial charge is 0.298 e. The topological polar surface area (TPSA) is 19.4 Å². The van der Waals surface area contributed by atoms with E-state index in [1.807, 2.05) is 11.3 Å². The zero-order valence-corrected chi connectivity index (χ0v) is 13.1. The molecule has 1 aromatic heterocycles. The molecule has 2 saturated heterocycles. The van der Waals surface area contributed by atoms with Gasteiger partial charge in [-0.25, -0.2) is 4.98 Å². The number of aromatic nitrogens is 1. The maximum Gasteiger partial charge on any atom is 0.110 e. The molecule has 4 heteroatoms. The normalized spacial score (nSPS) is 31.1. The highest BCUT2D eigenvalue weighted by atomic mass is 32.1. The smallest absolute Gasteiger partial charge is 0.110 e. The number of aryl methyl sites for hydroxylation is 1. The summed E-state index contributed by atoms with van der Waals surface area (Å²) in [7, 11) is 0. The molecule has 0 spiro atoms. The number of hydrogen-bond donors (Lipinski definition) is 0. The monoisotopic (exact) mass is 279 g/mol. The van der Waals surface area contributed by atoms with Crippen LogP contribution in [-0.2, 0) is 0 Å². The standard InChI is InChI=1S/C15H25N3S/c1-11-10-19-15(16-11)13(3)18-9-14-6-4-5-7-17(14)8-12(18)2/h10,12-14H,4-9H2,1-3H3. The van der Waals surface area contributed by atoms with E-state index in [2.05, 4.69) is 40.9 Å². The summed E-state index contributed by atoms with van der Waals surface area (Å²) in [5.41, 5.74) is 1.16. The summed E-state index contributed by atoms with van der Waals surface area (Å²) in [6.45, 7) is 10.6. The van der Waals surface area contributed by atoms with Gasteiger partial charge in [-0.1, -0.05) is 6.42 Å². The Balaban J connectivity index is 1.73. The van der Waals surface area contributed by atoms with Crippen molar-refractivity contribution in [1.82, 2.24) is 14.8 Å². The van der Waals surface area contributed by atoms with Gasteiger partial charge in [0.1, 0.15) is 5.01 Å². The molecular formula is C15H25N3S. The van der Waals surface area contributed by atoms with Crippen molar-refractivity contribution < 1.29 is 0 Å². The summed E-state index contributed by atoms with van der Waals surface area (Å²) < 4.78 is 0. The lowest BCUT2D eigenvalue weighted by molar-refractivity contribution is -0.00464. The lowest BCUT2D eigenvalue weighted by Gasteiger charge is -2.49. The van der Waals surface area contributed by atoms with Gasteiger partial charge in [0.2, 0.25) is 0 Å². The van der Waals surface area contributed by atoms with Crippen molar-refractivity contribution in [2.75, 3.05) is 19.6 Å². The first-order chi connectivity index (χ1) is 9.15. The van der Waals surface area contributed by atoms with Crippen LogP contribution in [0.5, 0.6) is 0 Å². The number of piperazine rings is 1. The molecule has 3 atom stereocenters. The molecule has 2 aliphatic heterocycles. The number of fused-ring (bicyclic) bond motifs is 1. The van der Waals surface area contributed by atoms with Gasteiger partial charge in [0, 0.05) is 36.2 Å². The van der Waals surface area contributed by atoms with Crippen molar-refractivity contribution >= 4 is 11.3 Å². The lowest BCUT2D eigenvalue weighted by Crippen LogP contribution is -2.58. The molecule has 0 radical (unpaired) electrons. The maximum atomic E-state index is 4.69. The molecule has 19 heavy (non-hydrogen) atoms. The number of piperidine rings is 1. The predicted octanol–water partition coefficient (Wildman–Crippen LogP) is 3.07. The van der Waals surface area contributed by atoms with Gasteiger partial charge < -0.3 is 0 Å². The number of nitrogens with zero attached hydrogens (tertiary/aromatic N) is 3. The minimum absolute atomic E-state index is 0.470. The van der Waals surface area contributed by atoms with Gasteiger partial charge in [0.05, 0.1) is 6.04 Å². The summed E-state index contributed by atoms with van der Waals surface area (Å²) in [4.78, 5) is 10.1. The van der Waals surface area contributed by atoms with Crippen LogP contribution in [0.25, 0.3) is 0 Å². The molecule has 3 rings (SSSR count). The average Bonchev–Trinajstić information content (AvgIpc) is 2.84. The van der Waals surface area contributed by atoms with Gasteiger partial charge in [0.15, 0.2) is 0 Å². The Labute approximate surface area is 120 Å². The van der Waals surface area contributed by atoms with E-state index in [0.717, 1.165) is 11.7 Å². The molecule has 0 bridgehead atoms. The second-order valence-corrected chi connectivity index (χ2v) is 7.08. The van der Waals surface area contributed by atoms with E-state index < -0.39 is 0 Å². The molecule has 2 aliphatic rings. The zero-order valence-electron chi connectivity index (χ0n) is 12.3. The van der Waals surface area contributed by atoms with Crippen LogP contribution >= 0.6 is 11.3 Å². The first kappa shape index (κ1) is 13.5. The first-order valence-electron chi connectivity index (χ1n) is 7.57. The van der Waals surface area contributed by atoms with Crippen molar-refractivity contribution in [2.45, 2.75) is 58.2 Å². The van der Waals surface area contributed by atoms with Crippen molar-refractivity contribution in [3.05, 3.63) is 16.1 Å². The van der Waals surface area contributed by atoms with Crippen LogP contribution in [0, 0.1) is 6.92 Å². The van der Waals surface area contributed by atoms with E-state index in [-0.39, 0.29) is 0 Å². The van der Waals surface area contributed by atoms with E-state index >= 15 is 0 Å². The van der Waals surface area contributed by atoms with E-state index in [0.29, 0.717) is 12.1 Å².